The first-order valence-electron chi connectivity index (χ1n) is 8.78. The second-order valence-corrected chi connectivity index (χ2v) is 7.88. The lowest BCUT2D eigenvalue weighted by Crippen LogP contribution is -2.60. The third-order valence-corrected chi connectivity index (χ3v) is 4.60. The largest absolute Gasteiger partial charge is 0.265 e. The molecule has 0 amide bonds. The molecule has 3 aromatic rings. The van der Waals surface area contributed by atoms with Gasteiger partial charge in [-0.1, -0.05) is 0 Å². The van der Waals surface area contributed by atoms with Crippen molar-refractivity contribution < 1.29 is 65.9 Å². The normalized spacial score (nSPS) is 11.2. The van der Waals surface area contributed by atoms with Crippen LogP contribution in [0.2, 0.25) is 0 Å². The van der Waals surface area contributed by atoms with Crippen molar-refractivity contribution in [2.75, 3.05) is 0 Å². The van der Waals surface area contributed by atoms with E-state index >= 15 is 0 Å². The molecule has 2 atom stereocenters. The molecule has 0 nitrogen and oxygen atoms in total. The zero-order valence-electron chi connectivity index (χ0n) is 16.9. The number of rotatable bonds is 3. The molecule has 0 aliphatic rings. The van der Waals surface area contributed by atoms with E-state index in [1.807, 2.05) is 0 Å². The van der Waals surface area contributed by atoms with Gasteiger partial charge in [0.15, 0.2) is 87.3 Å². The lowest BCUT2D eigenvalue weighted by molar-refractivity contribution is 0.380. The van der Waals surface area contributed by atoms with E-state index in [9.17, 15) is 65.9 Å². The highest BCUT2D eigenvalue weighted by Gasteiger charge is 2.45. The lowest BCUT2D eigenvalue weighted by Gasteiger charge is -2.21. The van der Waals surface area contributed by atoms with E-state index in [0.29, 0.717) is 8.15 Å². The molecule has 2 unspecified atom stereocenters. The molecule has 3 aromatic carbocycles. The van der Waals surface area contributed by atoms with Crippen LogP contribution in [0, 0.1) is 87.3 Å². The van der Waals surface area contributed by atoms with Crippen molar-refractivity contribution >= 4 is 47.7 Å². The van der Waals surface area contributed by atoms with Gasteiger partial charge in [-0.2, -0.15) is 8.15 Å². The summed E-state index contributed by atoms with van der Waals surface area (Å²) < 4.78 is 209. The lowest BCUT2D eigenvalue weighted by atomic mass is 9.36. The first kappa shape index (κ1) is 30.8. The summed E-state index contributed by atoms with van der Waals surface area (Å²) in [4.78, 5) is 0. The fourth-order valence-corrected chi connectivity index (χ4v) is 3.06. The van der Waals surface area contributed by atoms with Gasteiger partial charge >= 0.3 is 0 Å². The molecular weight excluding hydrogens is 585 g/mol. The van der Waals surface area contributed by atoms with E-state index in [4.69, 9.17) is 7.57 Å². The van der Waals surface area contributed by atoms with Gasteiger partial charge in [-0.3, -0.25) is 0 Å². The van der Waals surface area contributed by atoms with E-state index in [2.05, 4.69) is 8.93 Å². The summed E-state index contributed by atoms with van der Waals surface area (Å²) >= 11 is 0. The quantitative estimate of drug-likeness (QED) is 0.136. The number of benzene rings is 3. The second kappa shape index (κ2) is 11.6. The van der Waals surface area contributed by atoms with Gasteiger partial charge in [0.05, 0.1) is 0 Å². The highest BCUT2D eigenvalue weighted by Crippen LogP contribution is 2.23. The molecule has 3 rings (SSSR count). The van der Waals surface area contributed by atoms with Gasteiger partial charge in [0, 0.05) is 16.4 Å². The van der Waals surface area contributed by atoms with Gasteiger partial charge in [-0.15, -0.1) is 8.93 Å². The molecular formula is C18H3B2F15P2. The van der Waals surface area contributed by atoms with Crippen LogP contribution >= 0.6 is 17.1 Å². The molecule has 0 aliphatic carbocycles. The van der Waals surface area contributed by atoms with Gasteiger partial charge < -0.3 is 0 Å². The molecule has 0 N–H and O–H groups in total. The van der Waals surface area contributed by atoms with Crippen LogP contribution in [0.4, 0.5) is 65.9 Å². The predicted octanol–water partition coefficient (Wildman–Crippen LogP) is 4.83. The Morgan fingerprint density at radius 2 is 0.459 bits per heavy atom. The Hall–Kier alpha value is -2.40. The third-order valence-electron chi connectivity index (χ3n) is 4.60. The number of halogens is 15. The summed E-state index contributed by atoms with van der Waals surface area (Å²) in [5, 5.41) is 0. The molecule has 37 heavy (non-hydrogen) atoms. The standard InChI is InChI=1S/C18BF15.BH3P2/c20-4-1(5(21)11(27)16(32)10(4)26)19(2-6(22)12(28)17(33)13(29)7(2)23)3-8(24)14(30)18(34)15(31)9(3)25;1-3-2/h;3H,2H2. The van der Waals surface area contributed by atoms with Crippen molar-refractivity contribution in [1.82, 2.24) is 0 Å². The van der Waals surface area contributed by atoms with Gasteiger partial charge in [0.1, 0.15) is 7.57 Å². The smallest absolute Gasteiger partial charge is 0.204 e. The Morgan fingerprint density at radius 3 is 0.595 bits per heavy atom. The SMILES string of the molecule is Fc1c(F)c(F)c(B(c2c(F)c(F)c(F)c(F)c2F)c2c(F)c(F)c(F)c(F)c2F)c(F)c1F.[B]PP. The van der Waals surface area contributed by atoms with E-state index < -0.39 is 110 Å². The fraction of sp³-hybridized carbons (Fsp3) is 0. The summed E-state index contributed by atoms with van der Waals surface area (Å²) in [7, 11) is 7.72. The topological polar surface area (TPSA) is 0 Å². The fourth-order valence-electron chi connectivity index (χ4n) is 3.06. The van der Waals surface area contributed by atoms with Crippen molar-refractivity contribution in [3.05, 3.63) is 87.3 Å². The first-order valence-corrected chi connectivity index (χ1v) is 11.7. The van der Waals surface area contributed by atoms with Crippen molar-refractivity contribution in [3.63, 3.8) is 0 Å². The van der Waals surface area contributed by atoms with Crippen LogP contribution < -0.4 is 16.4 Å². The zero-order valence-corrected chi connectivity index (χ0v) is 19.1. The molecule has 0 saturated carbocycles. The minimum Gasteiger partial charge on any atom is -0.204 e. The van der Waals surface area contributed by atoms with Crippen molar-refractivity contribution in [2.24, 2.45) is 0 Å². The molecule has 0 fully saturated rings. The Kier molecular flexibility index (Phi) is 9.62. The first-order chi connectivity index (χ1) is 17.1. The highest BCUT2D eigenvalue weighted by molar-refractivity contribution is 8.15. The Labute approximate surface area is 201 Å². The molecule has 19 heteroatoms. The van der Waals surface area contributed by atoms with Crippen LogP contribution in [0.3, 0.4) is 0 Å². The second-order valence-electron chi connectivity index (χ2n) is 6.55. The highest BCUT2D eigenvalue weighted by atomic mass is 32.0. The van der Waals surface area contributed by atoms with Crippen LogP contribution in [0.5, 0.6) is 0 Å². The average Bonchev–Trinajstić information content (AvgIpc) is 2.86. The van der Waals surface area contributed by atoms with Gasteiger partial charge in [0.2, 0.25) is 0 Å². The Balaban J connectivity index is 0.00000153. The number of hydrogen-bond acceptors (Lipinski definition) is 0. The third kappa shape index (κ3) is 5.04. The summed E-state index contributed by atoms with van der Waals surface area (Å²) in [5.41, 5.74) is -8.03. The Morgan fingerprint density at radius 1 is 0.351 bits per heavy atom. The molecule has 0 bridgehead atoms. The molecule has 196 valence electrons. The van der Waals surface area contributed by atoms with E-state index in [1.54, 1.807) is 0 Å². The summed E-state index contributed by atoms with van der Waals surface area (Å²) in [6.07, 6.45) is 0. The Bertz CT molecular complexity index is 1150. The van der Waals surface area contributed by atoms with Gasteiger partial charge in [0.25, 0.3) is 6.71 Å². The van der Waals surface area contributed by atoms with E-state index in [-0.39, 0.29) is 0 Å². The maximum atomic E-state index is 14.4. The predicted molar refractivity (Wildman–Crippen MR) is 107 cm³/mol. The van der Waals surface area contributed by atoms with E-state index in [0.717, 1.165) is 0 Å². The zero-order chi connectivity index (χ0) is 28.7. The van der Waals surface area contributed by atoms with Gasteiger partial charge in [-0.05, 0) is 0 Å². The molecule has 2 radical (unpaired) electrons. The minimum absolute atomic E-state index is 0.500. The van der Waals surface area contributed by atoms with Crippen LogP contribution in [0.15, 0.2) is 0 Å². The average molecular weight is 588 g/mol. The molecule has 0 aromatic heterocycles. The minimum atomic E-state index is -3.96. The number of hydrogen-bond donors (Lipinski definition) is 0. The van der Waals surface area contributed by atoms with Crippen molar-refractivity contribution in [2.45, 2.75) is 0 Å². The monoisotopic (exact) mass is 588 g/mol. The van der Waals surface area contributed by atoms with Crippen LogP contribution in [0.25, 0.3) is 0 Å². The van der Waals surface area contributed by atoms with E-state index in [1.165, 1.54) is 0 Å². The molecule has 0 heterocycles. The summed E-state index contributed by atoms with van der Waals surface area (Å²) in [6.45, 7) is -3.96. The van der Waals surface area contributed by atoms with Crippen LogP contribution in [-0.4, -0.2) is 14.3 Å². The molecule has 0 spiro atoms. The summed E-state index contributed by atoms with van der Waals surface area (Å²) in [6, 6.07) is 0. The molecule has 0 aliphatic heterocycles. The van der Waals surface area contributed by atoms with Crippen molar-refractivity contribution in [3.8, 4) is 0 Å². The summed E-state index contributed by atoms with van der Waals surface area (Å²) in [5.74, 6) is -45.2. The molecule has 0 saturated heterocycles. The maximum Gasteiger partial charge on any atom is 0.265 e. The van der Waals surface area contributed by atoms with Crippen molar-refractivity contribution in [1.29, 1.82) is 0 Å². The van der Waals surface area contributed by atoms with Crippen LogP contribution in [-0.2, 0) is 0 Å². The van der Waals surface area contributed by atoms with Crippen LogP contribution in [0.1, 0.15) is 0 Å². The van der Waals surface area contributed by atoms with Gasteiger partial charge in [-0.25, -0.2) is 65.9 Å². The maximum absolute atomic E-state index is 14.4.